The van der Waals surface area contributed by atoms with Crippen molar-refractivity contribution in [3.8, 4) is 0 Å². The lowest BCUT2D eigenvalue weighted by atomic mass is 10.1. The molecule has 0 spiro atoms. The lowest BCUT2D eigenvalue weighted by Gasteiger charge is -2.09. The Morgan fingerprint density at radius 1 is 1.47 bits per heavy atom. The number of rotatable bonds is 3. The molecule has 0 amide bonds. The van der Waals surface area contributed by atoms with Gasteiger partial charge in [-0.2, -0.15) is 0 Å². The van der Waals surface area contributed by atoms with Crippen LogP contribution in [0.1, 0.15) is 17.3 Å². The van der Waals surface area contributed by atoms with Gasteiger partial charge in [-0.25, -0.2) is 4.79 Å². The van der Waals surface area contributed by atoms with Gasteiger partial charge in [0.15, 0.2) is 0 Å². The molecule has 98 valence electrons. The molecule has 0 aliphatic rings. The van der Waals surface area contributed by atoms with E-state index in [-0.39, 0.29) is 17.6 Å². The topological polar surface area (TPSA) is 102 Å². The van der Waals surface area contributed by atoms with Gasteiger partial charge in [0, 0.05) is 12.6 Å². The van der Waals surface area contributed by atoms with Crippen LogP contribution in [0, 0.1) is 10.1 Å². The lowest BCUT2D eigenvalue weighted by Crippen LogP contribution is -2.26. The Balaban J connectivity index is 3.02. The molecule has 0 saturated heterocycles. The summed E-state index contributed by atoms with van der Waals surface area (Å²) in [7, 11) is 0. The Labute approximate surface area is 106 Å². The van der Waals surface area contributed by atoms with Gasteiger partial charge in [0.05, 0.1) is 15.8 Å². The number of carboxylic acid groups (broad SMARTS) is 1. The number of carbonyl (C=O) groups is 1. The van der Waals surface area contributed by atoms with Crippen LogP contribution < -0.4 is 5.56 Å². The summed E-state index contributed by atoms with van der Waals surface area (Å²) in [6.07, 6.45) is 0. The minimum Gasteiger partial charge on any atom is -0.477 e. The van der Waals surface area contributed by atoms with Crippen LogP contribution in [0.15, 0.2) is 29.1 Å². The van der Waals surface area contributed by atoms with Gasteiger partial charge in [0.2, 0.25) is 0 Å². The number of carboxylic acids is 1. The normalized spacial score (nSPS) is 10.6. The number of aryl methyl sites for hydroxylation is 1. The second kappa shape index (κ2) is 4.52. The highest BCUT2D eigenvalue weighted by Crippen LogP contribution is 2.25. The number of nitrogens with zero attached hydrogens (tertiary/aromatic N) is 2. The van der Waals surface area contributed by atoms with E-state index in [1.54, 1.807) is 13.0 Å². The van der Waals surface area contributed by atoms with Gasteiger partial charge in [-0.1, -0.05) is 6.07 Å². The van der Waals surface area contributed by atoms with E-state index in [4.69, 9.17) is 5.11 Å². The average Bonchev–Trinajstić information content (AvgIpc) is 2.36. The Kier molecular flexibility index (Phi) is 3.04. The monoisotopic (exact) mass is 262 g/mol. The Bertz CT molecular complexity index is 748. The van der Waals surface area contributed by atoms with Gasteiger partial charge < -0.3 is 9.67 Å². The van der Waals surface area contributed by atoms with Crippen LogP contribution in [0.4, 0.5) is 5.69 Å². The molecule has 2 aromatic rings. The second-order valence-electron chi connectivity index (χ2n) is 3.88. The van der Waals surface area contributed by atoms with Crippen molar-refractivity contribution in [3.05, 3.63) is 50.3 Å². The smallest absolute Gasteiger partial charge is 0.341 e. The molecular formula is C12H10N2O5. The molecular weight excluding hydrogens is 252 g/mol. The van der Waals surface area contributed by atoms with Crippen molar-refractivity contribution in [1.29, 1.82) is 0 Å². The first-order valence-electron chi connectivity index (χ1n) is 5.51. The van der Waals surface area contributed by atoms with Gasteiger partial charge in [0.1, 0.15) is 5.56 Å². The van der Waals surface area contributed by atoms with Crippen molar-refractivity contribution in [2.45, 2.75) is 13.5 Å². The fourth-order valence-electron chi connectivity index (χ4n) is 2.01. The maximum atomic E-state index is 11.9. The van der Waals surface area contributed by atoms with Gasteiger partial charge in [-0.3, -0.25) is 14.9 Å². The van der Waals surface area contributed by atoms with E-state index >= 15 is 0 Å². The highest BCUT2D eigenvalue weighted by Gasteiger charge is 2.19. The summed E-state index contributed by atoms with van der Waals surface area (Å²) in [5, 5.41) is 20.1. The molecule has 0 saturated carbocycles. The van der Waals surface area contributed by atoms with Crippen LogP contribution in [0.2, 0.25) is 0 Å². The summed E-state index contributed by atoms with van der Waals surface area (Å²) in [5.41, 5.74) is -0.999. The number of hydrogen-bond acceptors (Lipinski definition) is 4. The van der Waals surface area contributed by atoms with E-state index in [1.807, 2.05) is 0 Å². The van der Waals surface area contributed by atoms with Gasteiger partial charge in [0.25, 0.3) is 11.2 Å². The van der Waals surface area contributed by atoms with Gasteiger partial charge in [-0.05, 0) is 19.1 Å². The number of pyridine rings is 1. The van der Waals surface area contributed by atoms with Crippen molar-refractivity contribution >= 4 is 22.6 Å². The maximum absolute atomic E-state index is 11.9. The molecule has 7 nitrogen and oxygen atoms in total. The first kappa shape index (κ1) is 12.7. The predicted molar refractivity (Wildman–Crippen MR) is 67.5 cm³/mol. The second-order valence-corrected chi connectivity index (χ2v) is 3.88. The van der Waals surface area contributed by atoms with E-state index in [1.165, 1.54) is 16.7 Å². The summed E-state index contributed by atoms with van der Waals surface area (Å²) in [6, 6.07) is 5.36. The number of non-ortho nitro benzene ring substituents is 1. The van der Waals surface area contributed by atoms with E-state index in [2.05, 4.69) is 0 Å². The third kappa shape index (κ3) is 1.95. The molecule has 0 aliphatic heterocycles. The van der Waals surface area contributed by atoms with Gasteiger partial charge in [-0.15, -0.1) is 0 Å². The summed E-state index contributed by atoms with van der Waals surface area (Å²) < 4.78 is 1.21. The molecule has 0 atom stereocenters. The van der Waals surface area contributed by atoms with E-state index < -0.39 is 22.0 Å². The number of benzene rings is 1. The maximum Gasteiger partial charge on any atom is 0.341 e. The molecule has 1 N–H and O–H groups in total. The number of nitro benzene ring substituents is 1. The molecule has 1 heterocycles. The molecule has 1 aromatic heterocycles. The highest BCUT2D eigenvalue weighted by atomic mass is 16.6. The first-order valence-corrected chi connectivity index (χ1v) is 5.51. The van der Waals surface area contributed by atoms with Crippen molar-refractivity contribution in [3.63, 3.8) is 0 Å². The quantitative estimate of drug-likeness (QED) is 0.668. The molecule has 19 heavy (non-hydrogen) atoms. The number of nitro groups is 1. The predicted octanol–water partition coefficient (Wildman–Crippen LogP) is 1.63. The average molecular weight is 262 g/mol. The Morgan fingerprint density at radius 3 is 2.68 bits per heavy atom. The fraction of sp³-hybridized carbons (Fsp3) is 0.167. The molecule has 0 bridgehead atoms. The third-order valence-electron chi connectivity index (χ3n) is 2.86. The zero-order valence-electron chi connectivity index (χ0n) is 9.99. The first-order chi connectivity index (χ1) is 8.97. The highest BCUT2D eigenvalue weighted by molar-refractivity contribution is 5.96. The number of aromatic nitrogens is 1. The van der Waals surface area contributed by atoms with E-state index in [0.717, 1.165) is 6.07 Å². The van der Waals surface area contributed by atoms with Crippen molar-refractivity contribution in [1.82, 2.24) is 4.57 Å². The minimum atomic E-state index is -1.40. The molecule has 0 unspecified atom stereocenters. The van der Waals surface area contributed by atoms with Crippen molar-refractivity contribution in [2.24, 2.45) is 0 Å². The van der Waals surface area contributed by atoms with Crippen LogP contribution in [-0.4, -0.2) is 20.6 Å². The number of hydrogen-bond donors (Lipinski definition) is 1. The number of aromatic carboxylic acids is 1. The zero-order valence-corrected chi connectivity index (χ0v) is 9.99. The SMILES string of the molecule is CCn1c(=O)c(C(=O)O)cc2c([N+](=O)[O-])cccc21. The molecule has 0 aliphatic carbocycles. The van der Waals surface area contributed by atoms with Crippen LogP contribution in [0.3, 0.4) is 0 Å². The van der Waals surface area contributed by atoms with Crippen LogP contribution in [-0.2, 0) is 6.54 Å². The summed E-state index contributed by atoms with van der Waals surface area (Å²) in [6.45, 7) is 1.91. The Hall–Kier alpha value is -2.70. The van der Waals surface area contributed by atoms with Crippen LogP contribution in [0.25, 0.3) is 10.9 Å². The lowest BCUT2D eigenvalue weighted by molar-refractivity contribution is -0.383. The zero-order chi connectivity index (χ0) is 14.2. The van der Waals surface area contributed by atoms with E-state index in [9.17, 15) is 19.7 Å². The summed E-state index contributed by atoms with van der Waals surface area (Å²) >= 11 is 0. The molecule has 1 aromatic carbocycles. The molecule has 0 radical (unpaired) electrons. The van der Waals surface area contributed by atoms with Crippen molar-refractivity contribution < 1.29 is 14.8 Å². The standard InChI is InChI=1S/C12H10N2O5/c1-2-13-9-4-3-5-10(14(18)19)7(9)6-8(11(13)15)12(16)17/h3-6H,2H2,1H3,(H,16,17). The van der Waals surface area contributed by atoms with Crippen LogP contribution >= 0.6 is 0 Å². The molecule has 2 rings (SSSR count). The fourth-order valence-corrected chi connectivity index (χ4v) is 2.01. The van der Waals surface area contributed by atoms with Gasteiger partial charge >= 0.3 is 5.97 Å². The summed E-state index contributed by atoms with van der Waals surface area (Å²) in [5.74, 6) is -1.40. The third-order valence-corrected chi connectivity index (χ3v) is 2.86. The number of fused-ring (bicyclic) bond motifs is 1. The Morgan fingerprint density at radius 2 is 2.16 bits per heavy atom. The molecule has 0 fully saturated rings. The van der Waals surface area contributed by atoms with E-state index in [0.29, 0.717) is 5.52 Å². The largest absolute Gasteiger partial charge is 0.477 e. The summed E-state index contributed by atoms with van der Waals surface area (Å²) in [4.78, 5) is 33.3. The van der Waals surface area contributed by atoms with Crippen molar-refractivity contribution in [2.75, 3.05) is 0 Å². The van der Waals surface area contributed by atoms with Crippen LogP contribution in [0.5, 0.6) is 0 Å². The molecule has 7 heteroatoms. The minimum absolute atomic E-state index is 0.145.